The number of carbonyl (C=O) groups is 1. The maximum absolute atomic E-state index is 14.7. The normalized spacial score (nSPS) is 14.6. The van der Waals surface area contributed by atoms with Crippen molar-refractivity contribution >= 4 is 5.91 Å². The van der Waals surface area contributed by atoms with Crippen molar-refractivity contribution in [1.29, 1.82) is 0 Å². The summed E-state index contributed by atoms with van der Waals surface area (Å²) in [5, 5.41) is 2.71. The van der Waals surface area contributed by atoms with Crippen LogP contribution in [0.3, 0.4) is 0 Å². The van der Waals surface area contributed by atoms with Crippen LogP contribution >= 0.6 is 0 Å². The summed E-state index contributed by atoms with van der Waals surface area (Å²) in [6, 6.07) is 10.8. The molecule has 0 saturated carbocycles. The highest BCUT2D eigenvalue weighted by Crippen LogP contribution is 2.25. The van der Waals surface area contributed by atoms with E-state index in [-0.39, 0.29) is 24.7 Å². The van der Waals surface area contributed by atoms with Crippen LogP contribution in [0.5, 0.6) is 5.75 Å². The largest absolute Gasteiger partial charge is 0.492 e. The van der Waals surface area contributed by atoms with Crippen LogP contribution in [-0.2, 0) is 17.8 Å². The van der Waals surface area contributed by atoms with E-state index in [9.17, 15) is 13.6 Å². The van der Waals surface area contributed by atoms with Crippen molar-refractivity contribution in [1.82, 2.24) is 25.1 Å². The number of nitrogens with one attached hydrogen (secondary N) is 1. The Morgan fingerprint density at radius 2 is 1.83 bits per heavy atom. The van der Waals surface area contributed by atoms with Gasteiger partial charge in [0.1, 0.15) is 29.8 Å². The van der Waals surface area contributed by atoms with Gasteiger partial charge in [-0.1, -0.05) is 12.1 Å². The highest BCUT2D eigenvalue weighted by atomic mass is 19.1. The summed E-state index contributed by atoms with van der Waals surface area (Å²) >= 11 is 0. The van der Waals surface area contributed by atoms with E-state index in [0.29, 0.717) is 34.9 Å². The van der Waals surface area contributed by atoms with Gasteiger partial charge < -0.3 is 15.0 Å². The van der Waals surface area contributed by atoms with Crippen LogP contribution in [0, 0.1) is 11.6 Å². The third kappa shape index (κ3) is 7.27. The van der Waals surface area contributed by atoms with Crippen molar-refractivity contribution in [3.05, 3.63) is 77.9 Å². The first-order valence-corrected chi connectivity index (χ1v) is 11.6. The molecule has 0 aliphatic carbocycles. The van der Waals surface area contributed by atoms with E-state index in [1.807, 2.05) is 0 Å². The lowest BCUT2D eigenvalue weighted by molar-refractivity contribution is -0.120. The van der Waals surface area contributed by atoms with Gasteiger partial charge in [0, 0.05) is 68.9 Å². The van der Waals surface area contributed by atoms with E-state index < -0.39 is 5.82 Å². The SMILES string of the molecule is CN1CCN(CCOc2ccc(-c3cnc(CC(=O)NCc4cccc(F)c4)nc3)c(F)c2)CC1. The Morgan fingerprint density at radius 1 is 1.06 bits per heavy atom. The molecule has 0 radical (unpaired) electrons. The molecule has 1 fully saturated rings. The monoisotopic (exact) mass is 481 g/mol. The van der Waals surface area contributed by atoms with E-state index in [1.54, 1.807) is 24.3 Å². The number of likely N-dealkylation sites (N-methyl/N-ethyl adjacent to an activating group) is 1. The summed E-state index contributed by atoms with van der Waals surface area (Å²) in [6.45, 7) is 5.64. The second kappa shape index (κ2) is 11.8. The Hall–Kier alpha value is -3.43. The van der Waals surface area contributed by atoms with E-state index in [1.165, 1.54) is 30.6 Å². The van der Waals surface area contributed by atoms with Gasteiger partial charge in [-0.05, 0) is 36.9 Å². The van der Waals surface area contributed by atoms with Crippen LogP contribution in [0.15, 0.2) is 54.9 Å². The van der Waals surface area contributed by atoms with Crippen molar-refractivity contribution < 1.29 is 18.3 Å². The Balaban J connectivity index is 1.26. The number of ether oxygens (including phenoxy) is 1. The van der Waals surface area contributed by atoms with Crippen LogP contribution in [0.1, 0.15) is 11.4 Å². The van der Waals surface area contributed by atoms with Crippen LogP contribution in [-0.4, -0.2) is 72.1 Å². The zero-order valence-electron chi connectivity index (χ0n) is 19.7. The lowest BCUT2D eigenvalue weighted by atomic mass is 10.1. The minimum Gasteiger partial charge on any atom is -0.492 e. The number of rotatable bonds is 9. The van der Waals surface area contributed by atoms with Gasteiger partial charge in [-0.25, -0.2) is 18.7 Å². The van der Waals surface area contributed by atoms with Gasteiger partial charge in [-0.2, -0.15) is 0 Å². The summed E-state index contributed by atoms with van der Waals surface area (Å²) < 4.78 is 33.7. The number of amides is 1. The quantitative estimate of drug-likeness (QED) is 0.507. The van der Waals surface area contributed by atoms with Crippen molar-refractivity contribution in [3.8, 4) is 16.9 Å². The van der Waals surface area contributed by atoms with Gasteiger partial charge in [-0.15, -0.1) is 0 Å². The first-order valence-electron chi connectivity index (χ1n) is 11.6. The molecular formula is C26H29F2N5O2. The fraction of sp³-hybridized carbons (Fsp3) is 0.346. The summed E-state index contributed by atoms with van der Waals surface area (Å²) in [4.78, 5) is 25.2. The third-order valence-corrected chi connectivity index (χ3v) is 5.93. The standard InChI is InChI=1S/C26H29F2N5O2/c1-32-7-9-33(10-8-32)11-12-35-22-5-6-23(24(28)14-22)20-17-29-25(30-18-20)15-26(34)31-16-19-3-2-4-21(27)13-19/h2-6,13-14,17-18H,7-12,15-16H2,1H3,(H,31,34). The average Bonchev–Trinajstić information content (AvgIpc) is 2.85. The lowest BCUT2D eigenvalue weighted by Crippen LogP contribution is -2.45. The van der Waals surface area contributed by atoms with Crippen LogP contribution < -0.4 is 10.1 Å². The Bertz CT molecular complexity index is 1130. The molecule has 35 heavy (non-hydrogen) atoms. The molecular weight excluding hydrogens is 452 g/mol. The average molecular weight is 482 g/mol. The third-order valence-electron chi connectivity index (χ3n) is 5.93. The highest BCUT2D eigenvalue weighted by molar-refractivity contribution is 5.77. The fourth-order valence-electron chi connectivity index (χ4n) is 3.82. The van der Waals surface area contributed by atoms with Gasteiger partial charge in [-0.3, -0.25) is 9.69 Å². The van der Waals surface area contributed by atoms with E-state index >= 15 is 0 Å². The molecule has 1 N–H and O–H groups in total. The van der Waals surface area contributed by atoms with E-state index in [2.05, 4.69) is 32.1 Å². The molecule has 0 bridgehead atoms. The zero-order valence-corrected chi connectivity index (χ0v) is 19.7. The first-order chi connectivity index (χ1) is 17.0. The molecule has 0 unspecified atom stereocenters. The molecule has 0 atom stereocenters. The van der Waals surface area contributed by atoms with Crippen LogP contribution in [0.2, 0.25) is 0 Å². The van der Waals surface area contributed by atoms with Gasteiger partial charge in [0.15, 0.2) is 0 Å². The number of aromatic nitrogens is 2. The maximum atomic E-state index is 14.7. The molecule has 1 amide bonds. The van der Waals surface area contributed by atoms with Gasteiger partial charge in [0.2, 0.25) is 5.91 Å². The molecule has 1 aromatic heterocycles. The number of carbonyl (C=O) groups excluding carboxylic acids is 1. The minimum absolute atomic E-state index is 0.0296. The summed E-state index contributed by atoms with van der Waals surface area (Å²) in [5.41, 5.74) is 1.53. The molecule has 2 heterocycles. The zero-order chi connectivity index (χ0) is 24.6. The molecule has 9 heteroatoms. The predicted octanol–water partition coefficient (Wildman–Crippen LogP) is 2.91. The Kier molecular flexibility index (Phi) is 8.33. The number of hydrogen-bond donors (Lipinski definition) is 1. The maximum Gasteiger partial charge on any atom is 0.227 e. The molecule has 4 rings (SSSR count). The fourth-order valence-corrected chi connectivity index (χ4v) is 3.82. The van der Waals surface area contributed by atoms with Gasteiger partial charge in [0.25, 0.3) is 0 Å². The molecule has 1 aliphatic rings. The molecule has 0 spiro atoms. The van der Waals surface area contributed by atoms with E-state index in [4.69, 9.17) is 4.74 Å². The van der Waals surface area contributed by atoms with Gasteiger partial charge in [0.05, 0.1) is 6.42 Å². The highest BCUT2D eigenvalue weighted by Gasteiger charge is 2.14. The number of halogens is 2. The number of nitrogens with zero attached hydrogens (tertiary/aromatic N) is 4. The van der Waals surface area contributed by atoms with Crippen molar-refractivity contribution in [3.63, 3.8) is 0 Å². The Labute approximate surface area is 203 Å². The van der Waals surface area contributed by atoms with Crippen molar-refractivity contribution in [2.24, 2.45) is 0 Å². The smallest absolute Gasteiger partial charge is 0.227 e. The second-order valence-corrected chi connectivity index (χ2v) is 8.61. The summed E-state index contributed by atoms with van der Waals surface area (Å²) in [5.74, 6) is -0.270. The summed E-state index contributed by atoms with van der Waals surface area (Å²) in [7, 11) is 2.12. The number of benzene rings is 2. The van der Waals surface area contributed by atoms with Crippen LogP contribution in [0.4, 0.5) is 8.78 Å². The molecule has 1 saturated heterocycles. The topological polar surface area (TPSA) is 70.6 Å². The Morgan fingerprint density at radius 3 is 2.54 bits per heavy atom. The number of piperazine rings is 1. The van der Waals surface area contributed by atoms with Gasteiger partial charge >= 0.3 is 0 Å². The molecule has 184 valence electrons. The van der Waals surface area contributed by atoms with Crippen LogP contribution in [0.25, 0.3) is 11.1 Å². The number of hydrogen-bond acceptors (Lipinski definition) is 6. The predicted molar refractivity (Wildman–Crippen MR) is 129 cm³/mol. The van der Waals surface area contributed by atoms with Crippen molar-refractivity contribution in [2.45, 2.75) is 13.0 Å². The molecule has 3 aromatic rings. The summed E-state index contributed by atoms with van der Waals surface area (Å²) in [6.07, 6.45) is 2.96. The molecule has 7 nitrogen and oxygen atoms in total. The molecule has 2 aromatic carbocycles. The first kappa shape index (κ1) is 24.7. The second-order valence-electron chi connectivity index (χ2n) is 8.61. The lowest BCUT2D eigenvalue weighted by Gasteiger charge is -2.32. The minimum atomic E-state index is -0.425. The van der Waals surface area contributed by atoms with E-state index in [0.717, 1.165) is 32.7 Å². The van der Waals surface area contributed by atoms with Crippen molar-refractivity contribution in [2.75, 3.05) is 46.4 Å². The molecule has 1 aliphatic heterocycles.